The lowest BCUT2D eigenvalue weighted by Gasteiger charge is -2.14. The van der Waals surface area contributed by atoms with E-state index >= 15 is 0 Å². The molecule has 3 aromatic heterocycles. The van der Waals surface area contributed by atoms with Crippen molar-refractivity contribution in [3.8, 4) is 5.75 Å². The number of nitrogen functional groups attached to an aromatic ring is 1. The Morgan fingerprint density at radius 3 is 2.66 bits per heavy atom. The van der Waals surface area contributed by atoms with E-state index in [0.717, 1.165) is 46.8 Å². The van der Waals surface area contributed by atoms with Gasteiger partial charge < -0.3 is 25.3 Å². The van der Waals surface area contributed by atoms with Crippen molar-refractivity contribution in [1.82, 2.24) is 29.8 Å². The Labute approximate surface area is 203 Å². The summed E-state index contributed by atoms with van der Waals surface area (Å²) in [6.45, 7) is 4.77. The number of nitrogens with one attached hydrogen (secondary N) is 1. The molecule has 0 atom stereocenters. The number of pyridine rings is 1. The van der Waals surface area contributed by atoms with Crippen molar-refractivity contribution in [2.45, 2.75) is 32.9 Å². The normalized spacial score (nSPS) is 13.4. The average Bonchev–Trinajstić information content (AvgIpc) is 3.53. The minimum absolute atomic E-state index is 0.249. The molecular weight excluding hydrogens is 444 g/mol. The summed E-state index contributed by atoms with van der Waals surface area (Å²) < 4.78 is 7.42. The number of ether oxygens (including phenoxy) is 1. The summed E-state index contributed by atoms with van der Waals surface area (Å²) in [6, 6.07) is 5.69. The molecule has 0 bridgehead atoms. The van der Waals surface area contributed by atoms with E-state index in [1.54, 1.807) is 19.5 Å². The number of hydrogen-bond donors (Lipinski definition) is 2. The van der Waals surface area contributed by atoms with Crippen LogP contribution < -0.4 is 20.7 Å². The van der Waals surface area contributed by atoms with E-state index in [2.05, 4.69) is 30.2 Å². The molecule has 180 valence electrons. The minimum atomic E-state index is -0.249. The van der Waals surface area contributed by atoms with Gasteiger partial charge in [0, 0.05) is 50.0 Å². The lowest BCUT2D eigenvalue weighted by molar-refractivity contribution is 0.0946. The average molecular weight is 473 g/mol. The van der Waals surface area contributed by atoms with Crippen LogP contribution in [0.3, 0.4) is 0 Å². The molecule has 0 aliphatic carbocycles. The number of aromatic nitrogens is 5. The fraction of sp³-hybridized carbons (Fsp3) is 0.320. The third-order valence-corrected chi connectivity index (χ3v) is 6.23. The van der Waals surface area contributed by atoms with Crippen LogP contribution in [0.5, 0.6) is 5.75 Å². The second-order valence-corrected chi connectivity index (χ2v) is 8.66. The molecular formula is C25H28N8O2. The van der Waals surface area contributed by atoms with Crippen LogP contribution in [-0.2, 0) is 13.1 Å². The third-order valence-electron chi connectivity index (χ3n) is 6.23. The topological polar surface area (TPSA) is 124 Å². The fourth-order valence-corrected chi connectivity index (χ4v) is 4.38. The largest absolute Gasteiger partial charge is 0.496 e. The van der Waals surface area contributed by atoms with Gasteiger partial charge >= 0.3 is 0 Å². The van der Waals surface area contributed by atoms with Crippen molar-refractivity contribution in [1.29, 1.82) is 0 Å². The molecule has 1 aromatic carbocycles. The van der Waals surface area contributed by atoms with Gasteiger partial charge in [0.2, 0.25) is 5.95 Å². The quantitative estimate of drug-likeness (QED) is 0.421. The zero-order valence-corrected chi connectivity index (χ0v) is 19.9. The standard InChI is InChI=1S/C25H28N8O2/c1-16-31-20(15-33(16)14-18-12-29-25(30-13-18)32-7-3-4-8-32)24(34)28-11-17-9-19-5-6-27-23(26)22(19)21(10-17)35-2/h5-6,9-10,12-13,15H,3-4,7-8,11,14H2,1-2H3,(H2,26,27)(H,28,34). The SMILES string of the molecule is COc1cc(CNC(=O)c2cn(Cc3cnc(N4CCCC4)nc3)c(C)n2)cc2ccnc(N)c12. The summed E-state index contributed by atoms with van der Waals surface area (Å²) in [5, 5.41) is 4.60. The summed E-state index contributed by atoms with van der Waals surface area (Å²) in [7, 11) is 1.59. The smallest absolute Gasteiger partial charge is 0.271 e. The molecule has 1 aliphatic rings. The fourth-order valence-electron chi connectivity index (χ4n) is 4.38. The van der Waals surface area contributed by atoms with E-state index in [4.69, 9.17) is 10.5 Å². The van der Waals surface area contributed by atoms with Crippen molar-refractivity contribution in [3.63, 3.8) is 0 Å². The summed E-state index contributed by atoms with van der Waals surface area (Å²) >= 11 is 0. The molecule has 0 saturated carbocycles. The highest BCUT2D eigenvalue weighted by molar-refractivity contribution is 5.97. The number of rotatable bonds is 7. The summed E-state index contributed by atoms with van der Waals surface area (Å²) in [5.41, 5.74) is 8.21. The monoisotopic (exact) mass is 472 g/mol. The molecule has 4 aromatic rings. The van der Waals surface area contributed by atoms with Gasteiger partial charge in [-0.3, -0.25) is 4.79 Å². The number of carbonyl (C=O) groups is 1. The Balaban J connectivity index is 1.25. The van der Waals surface area contributed by atoms with Gasteiger partial charge in [0.05, 0.1) is 19.0 Å². The number of nitrogens with zero attached hydrogens (tertiary/aromatic N) is 6. The first-order chi connectivity index (χ1) is 17.0. The highest BCUT2D eigenvalue weighted by atomic mass is 16.5. The minimum Gasteiger partial charge on any atom is -0.496 e. The maximum atomic E-state index is 12.8. The number of fused-ring (bicyclic) bond motifs is 1. The summed E-state index contributed by atoms with van der Waals surface area (Å²) in [5.74, 6) is 2.30. The van der Waals surface area contributed by atoms with Crippen molar-refractivity contribution >= 4 is 28.4 Å². The predicted octanol–water partition coefficient (Wildman–Crippen LogP) is 2.70. The Hall–Kier alpha value is -4.21. The number of hydrogen-bond acceptors (Lipinski definition) is 8. The van der Waals surface area contributed by atoms with Crippen molar-refractivity contribution in [2.75, 3.05) is 30.8 Å². The first-order valence-corrected chi connectivity index (χ1v) is 11.6. The van der Waals surface area contributed by atoms with E-state index in [-0.39, 0.29) is 5.91 Å². The first kappa shape index (κ1) is 22.6. The zero-order chi connectivity index (χ0) is 24.4. The van der Waals surface area contributed by atoms with Gasteiger partial charge in [0.15, 0.2) is 0 Å². The maximum Gasteiger partial charge on any atom is 0.271 e. The Morgan fingerprint density at radius 2 is 1.91 bits per heavy atom. The third kappa shape index (κ3) is 4.72. The van der Waals surface area contributed by atoms with Gasteiger partial charge in [-0.2, -0.15) is 0 Å². The number of carbonyl (C=O) groups excluding carboxylic acids is 1. The van der Waals surface area contributed by atoms with E-state index in [1.807, 2.05) is 42.1 Å². The van der Waals surface area contributed by atoms with Crippen LogP contribution >= 0.6 is 0 Å². The maximum absolute atomic E-state index is 12.8. The van der Waals surface area contributed by atoms with Gasteiger partial charge in [-0.05, 0) is 48.9 Å². The molecule has 1 amide bonds. The van der Waals surface area contributed by atoms with Crippen LogP contribution in [0.2, 0.25) is 0 Å². The number of methoxy groups -OCH3 is 1. The van der Waals surface area contributed by atoms with Crippen LogP contribution in [0.4, 0.5) is 11.8 Å². The van der Waals surface area contributed by atoms with E-state index in [1.165, 1.54) is 12.8 Å². The van der Waals surface area contributed by atoms with Crippen LogP contribution in [0.1, 0.15) is 40.3 Å². The van der Waals surface area contributed by atoms with E-state index in [9.17, 15) is 4.79 Å². The molecule has 3 N–H and O–H groups in total. The molecule has 1 fully saturated rings. The van der Waals surface area contributed by atoms with E-state index < -0.39 is 0 Å². The van der Waals surface area contributed by atoms with Crippen LogP contribution in [0.25, 0.3) is 10.8 Å². The number of imidazole rings is 1. The first-order valence-electron chi connectivity index (χ1n) is 11.6. The highest BCUT2D eigenvalue weighted by Gasteiger charge is 2.16. The Kier molecular flexibility index (Phi) is 6.17. The summed E-state index contributed by atoms with van der Waals surface area (Å²) in [6.07, 6.45) is 9.46. The Morgan fingerprint density at radius 1 is 1.14 bits per heavy atom. The molecule has 1 saturated heterocycles. The molecule has 0 spiro atoms. The molecule has 1 aliphatic heterocycles. The highest BCUT2D eigenvalue weighted by Crippen LogP contribution is 2.30. The van der Waals surface area contributed by atoms with Gasteiger partial charge in [0.1, 0.15) is 23.1 Å². The van der Waals surface area contributed by atoms with Crippen molar-refractivity contribution in [3.05, 3.63) is 65.6 Å². The van der Waals surface area contributed by atoms with E-state index in [0.29, 0.717) is 30.4 Å². The van der Waals surface area contributed by atoms with Crippen molar-refractivity contribution in [2.24, 2.45) is 0 Å². The lowest BCUT2D eigenvalue weighted by Crippen LogP contribution is -2.23. The molecule has 4 heterocycles. The van der Waals surface area contributed by atoms with Gasteiger partial charge in [-0.1, -0.05) is 0 Å². The second kappa shape index (κ2) is 9.57. The van der Waals surface area contributed by atoms with Gasteiger partial charge in [0.25, 0.3) is 5.91 Å². The predicted molar refractivity (Wildman–Crippen MR) is 133 cm³/mol. The molecule has 10 nitrogen and oxygen atoms in total. The van der Waals surface area contributed by atoms with Crippen molar-refractivity contribution < 1.29 is 9.53 Å². The van der Waals surface area contributed by atoms with Gasteiger partial charge in [-0.25, -0.2) is 19.9 Å². The number of aryl methyl sites for hydroxylation is 1. The molecule has 5 rings (SSSR count). The van der Waals surface area contributed by atoms with Gasteiger partial charge in [-0.15, -0.1) is 0 Å². The lowest BCUT2D eigenvalue weighted by atomic mass is 10.1. The molecule has 35 heavy (non-hydrogen) atoms. The van der Waals surface area contributed by atoms with Crippen LogP contribution in [0.15, 0.2) is 43.0 Å². The number of amides is 1. The van der Waals surface area contributed by atoms with Crippen LogP contribution in [0, 0.1) is 6.92 Å². The van der Waals surface area contributed by atoms with Crippen LogP contribution in [-0.4, -0.2) is 50.6 Å². The second-order valence-electron chi connectivity index (χ2n) is 8.66. The number of nitrogens with two attached hydrogens (primary N) is 1. The number of anilines is 2. The molecule has 10 heteroatoms. The Bertz CT molecular complexity index is 1360. The zero-order valence-electron chi connectivity index (χ0n) is 19.9. The summed E-state index contributed by atoms with van der Waals surface area (Å²) in [4.78, 5) is 32.6. The molecule has 0 radical (unpaired) electrons. The number of benzene rings is 1. The molecule has 0 unspecified atom stereocenters.